The second-order valence-corrected chi connectivity index (χ2v) is 13.1. The molecule has 1 amide bonds. The predicted molar refractivity (Wildman–Crippen MR) is 174 cm³/mol. The lowest BCUT2D eigenvalue weighted by Gasteiger charge is -2.38. The standard InChI is InChI=1S/C34H45N3O5S/c1-4-5-7-21-41-33(39)42-25-37-30-23-26(12-13-28(30)34(2,3)24-32(37)38)40-20-8-6-15-35-16-18-36(19-17-35)29-10-9-11-31-27(29)14-22-43-31/h9-14,22-23H,4-8,15-21,24-25H2,1-3H3. The number of piperazine rings is 1. The van der Waals surface area contributed by atoms with Gasteiger partial charge in [-0.3, -0.25) is 14.6 Å². The van der Waals surface area contributed by atoms with E-state index in [-0.39, 0.29) is 18.1 Å². The van der Waals surface area contributed by atoms with Gasteiger partial charge >= 0.3 is 6.16 Å². The summed E-state index contributed by atoms with van der Waals surface area (Å²) in [6.07, 6.45) is 4.45. The number of anilines is 2. The van der Waals surface area contributed by atoms with E-state index < -0.39 is 6.16 Å². The van der Waals surface area contributed by atoms with Crippen molar-refractivity contribution in [1.82, 2.24) is 4.90 Å². The van der Waals surface area contributed by atoms with Crippen molar-refractivity contribution < 1.29 is 23.8 Å². The van der Waals surface area contributed by atoms with Crippen LogP contribution in [0.3, 0.4) is 0 Å². The molecule has 0 aliphatic carbocycles. The molecule has 0 spiro atoms. The maximum Gasteiger partial charge on any atom is 0.510 e. The van der Waals surface area contributed by atoms with Crippen molar-refractivity contribution in [3.8, 4) is 5.75 Å². The maximum atomic E-state index is 13.0. The molecule has 2 aliphatic rings. The van der Waals surface area contributed by atoms with Gasteiger partial charge in [-0.25, -0.2) is 4.79 Å². The van der Waals surface area contributed by atoms with Crippen molar-refractivity contribution in [2.24, 2.45) is 0 Å². The van der Waals surface area contributed by atoms with Gasteiger partial charge in [0, 0.05) is 59.9 Å². The molecule has 1 fully saturated rings. The average Bonchev–Trinajstić information content (AvgIpc) is 3.48. The number of rotatable bonds is 13. The largest absolute Gasteiger partial charge is 0.510 e. The van der Waals surface area contributed by atoms with Crippen molar-refractivity contribution in [2.45, 2.75) is 64.7 Å². The number of carbonyl (C=O) groups excluding carboxylic acids is 2. The van der Waals surface area contributed by atoms with Crippen LogP contribution < -0.4 is 14.5 Å². The highest BCUT2D eigenvalue weighted by Crippen LogP contribution is 2.42. The number of fused-ring (bicyclic) bond motifs is 2. The van der Waals surface area contributed by atoms with Crippen LogP contribution in [0.15, 0.2) is 47.8 Å². The third-order valence-electron chi connectivity index (χ3n) is 8.49. The zero-order valence-electron chi connectivity index (χ0n) is 25.8. The van der Waals surface area contributed by atoms with Gasteiger partial charge in [-0.2, -0.15) is 0 Å². The summed E-state index contributed by atoms with van der Waals surface area (Å²) in [5.74, 6) is 0.633. The third kappa shape index (κ3) is 7.81. The van der Waals surface area contributed by atoms with Gasteiger partial charge in [-0.05, 0) is 61.0 Å². The Labute approximate surface area is 259 Å². The Hall–Kier alpha value is -3.30. The van der Waals surface area contributed by atoms with Crippen LogP contribution >= 0.6 is 11.3 Å². The predicted octanol–water partition coefficient (Wildman–Crippen LogP) is 7.20. The van der Waals surface area contributed by atoms with Crippen molar-refractivity contribution in [1.29, 1.82) is 0 Å². The lowest BCUT2D eigenvalue weighted by atomic mass is 9.77. The fourth-order valence-corrected chi connectivity index (χ4v) is 6.81. The van der Waals surface area contributed by atoms with Gasteiger partial charge in [-0.15, -0.1) is 11.3 Å². The number of hydrogen-bond donors (Lipinski definition) is 0. The molecular formula is C34H45N3O5S. The van der Waals surface area contributed by atoms with E-state index in [2.05, 4.69) is 60.2 Å². The molecule has 43 heavy (non-hydrogen) atoms. The molecule has 0 radical (unpaired) electrons. The molecule has 0 atom stereocenters. The summed E-state index contributed by atoms with van der Waals surface area (Å²) < 4.78 is 17.9. The number of amides is 1. The quantitative estimate of drug-likeness (QED) is 0.150. The van der Waals surface area contributed by atoms with Crippen LogP contribution in [0.25, 0.3) is 10.1 Å². The van der Waals surface area contributed by atoms with Crippen LogP contribution in [0.4, 0.5) is 16.2 Å². The van der Waals surface area contributed by atoms with Gasteiger partial charge in [0.05, 0.1) is 18.9 Å². The normalized spacial score (nSPS) is 16.8. The second-order valence-electron chi connectivity index (χ2n) is 12.1. The highest BCUT2D eigenvalue weighted by atomic mass is 32.1. The zero-order valence-corrected chi connectivity index (χ0v) is 26.6. The molecule has 0 saturated carbocycles. The van der Waals surface area contributed by atoms with Crippen molar-refractivity contribution in [2.75, 3.05) is 62.5 Å². The summed E-state index contributed by atoms with van der Waals surface area (Å²) >= 11 is 1.80. The van der Waals surface area contributed by atoms with E-state index in [1.54, 1.807) is 11.3 Å². The first-order chi connectivity index (χ1) is 20.9. The van der Waals surface area contributed by atoms with E-state index in [1.165, 1.54) is 20.7 Å². The average molecular weight is 608 g/mol. The minimum atomic E-state index is -0.746. The number of thiophene rings is 1. The van der Waals surface area contributed by atoms with Crippen LogP contribution in [-0.4, -0.2) is 69.6 Å². The van der Waals surface area contributed by atoms with Crippen LogP contribution in [0.2, 0.25) is 0 Å². The summed E-state index contributed by atoms with van der Waals surface area (Å²) in [6, 6.07) is 14.8. The smallest absolute Gasteiger partial charge is 0.494 e. The maximum absolute atomic E-state index is 13.0. The first-order valence-corrected chi connectivity index (χ1v) is 16.5. The Bertz CT molecular complexity index is 1380. The van der Waals surface area contributed by atoms with E-state index in [0.717, 1.165) is 76.1 Å². The van der Waals surface area contributed by atoms with Gasteiger partial charge in [0.2, 0.25) is 5.91 Å². The Morgan fingerprint density at radius 3 is 2.56 bits per heavy atom. The van der Waals surface area contributed by atoms with Gasteiger partial charge in [0.15, 0.2) is 6.73 Å². The Morgan fingerprint density at radius 2 is 1.74 bits per heavy atom. The van der Waals surface area contributed by atoms with Crippen molar-refractivity contribution >= 4 is 44.9 Å². The molecule has 1 aromatic heterocycles. The lowest BCUT2D eigenvalue weighted by molar-refractivity contribution is -0.121. The summed E-state index contributed by atoms with van der Waals surface area (Å²) in [4.78, 5) is 31.7. The van der Waals surface area contributed by atoms with E-state index in [0.29, 0.717) is 25.4 Å². The molecule has 3 heterocycles. The summed E-state index contributed by atoms with van der Waals surface area (Å²) in [7, 11) is 0. The van der Waals surface area contributed by atoms with Gasteiger partial charge in [0.1, 0.15) is 5.75 Å². The summed E-state index contributed by atoms with van der Waals surface area (Å²) in [5, 5.41) is 3.54. The van der Waals surface area contributed by atoms with E-state index >= 15 is 0 Å². The van der Waals surface area contributed by atoms with Crippen LogP contribution in [-0.2, 0) is 19.7 Å². The number of nitrogens with zero attached hydrogens (tertiary/aromatic N) is 3. The van der Waals surface area contributed by atoms with Crippen LogP contribution in [0.5, 0.6) is 5.75 Å². The Balaban J connectivity index is 1.08. The van der Waals surface area contributed by atoms with Crippen molar-refractivity contribution in [3.05, 3.63) is 53.4 Å². The summed E-state index contributed by atoms with van der Waals surface area (Å²) in [5.41, 5.74) is 2.80. The highest BCUT2D eigenvalue weighted by molar-refractivity contribution is 7.17. The second kappa shape index (κ2) is 14.4. The first-order valence-electron chi connectivity index (χ1n) is 15.7. The molecule has 5 rings (SSSR count). The van der Waals surface area contributed by atoms with Gasteiger partial charge in [-0.1, -0.05) is 45.7 Å². The molecule has 2 aromatic carbocycles. The Morgan fingerprint density at radius 1 is 0.930 bits per heavy atom. The molecule has 1 saturated heterocycles. The molecule has 0 bridgehead atoms. The molecule has 0 N–H and O–H groups in total. The SMILES string of the molecule is CCCCCOC(=O)OCN1C(=O)CC(C)(C)c2ccc(OCCCCN3CCN(c4cccc5sccc45)CC3)cc21. The Kier molecular flexibility index (Phi) is 10.5. The molecule has 9 heteroatoms. The zero-order chi connectivity index (χ0) is 30.2. The molecule has 3 aromatic rings. The molecule has 0 unspecified atom stereocenters. The van der Waals surface area contributed by atoms with E-state index in [9.17, 15) is 9.59 Å². The minimum Gasteiger partial charge on any atom is -0.494 e. The molecule has 8 nitrogen and oxygen atoms in total. The number of ether oxygens (including phenoxy) is 3. The molecule has 2 aliphatic heterocycles. The van der Waals surface area contributed by atoms with Gasteiger partial charge < -0.3 is 19.1 Å². The minimum absolute atomic E-state index is 0.0828. The number of unbranched alkanes of at least 4 members (excludes halogenated alkanes) is 3. The van der Waals surface area contributed by atoms with Crippen molar-refractivity contribution in [3.63, 3.8) is 0 Å². The van der Waals surface area contributed by atoms with Crippen LogP contribution in [0.1, 0.15) is 64.9 Å². The number of hydrogen-bond acceptors (Lipinski definition) is 8. The fourth-order valence-electron chi connectivity index (χ4n) is 6.00. The number of benzene rings is 2. The topological polar surface area (TPSA) is 71.5 Å². The lowest BCUT2D eigenvalue weighted by Crippen LogP contribution is -2.46. The first kappa shape index (κ1) is 31.1. The molecular weight excluding hydrogens is 562 g/mol. The molecule has 232 valence electrons. The monoisotopic (exact) mass is 607 g/mol. The fraction of sp³-hybridized carbons (Fsp3) is 0.529. The van der Waals surface area contributed by atoms with E-state index in [1.807, 2.05) is 18.2 Å². The third-order valence-corrected chi connectivity index (χ3v) is 9.37. The highest BCUT2D eigenvalue weighted by Gasteiger charge is 2.37. The van der Waals surface area contributed by atoms with Gasteiger partial charge in [0.25, 0.3) is 0 Å². The van der Waals surface area contributed by atoms with E-state index in [4.69, 9.17) is 14.2 Å². The summed E-state index contributed by atoms with van der Waals surface area (Å²) in [6.45, 7) is 12.3. The van der Waals surface area contributed by atoms with Crippen LogP contribution in [0, 0.1) is 0 Å². The number of carbonyl (C=O) groups is 2.